The SMILES string of the molecule is CC(C)(CCNC(=O)CCCN)CCC(=O)O. The van der Waals surface area contributed by atoms with Gasteiger partial charge >= 0.3 is 5.97 Å². The first kappa shape index (κ1) is 15.9. The molecule has 1 amide bonds. The monoisotopic (exact) mass is 244 g/mol. The molecule has 100 valence electrons. The first-order valence-electron chi connectivity index (χ1n) is 6.06. The number of carboxylic acids is 1. The fraction of sp³-hybridized carbons (Fsp3) is 0.833. The van der Waals surface area contributed by atoms with Crippen LogP contribution in [0.4, 0.5) is 0 Å². The number of aliphatic carboxylic acids is 1. The van der Waals surface area contributed by atoms with Crippen LogP contribution < -0.4 is 11.1 Å². The standard InChI is InChI=1S/C12H24N2O3/c1-12(2,6-5-11(16)17)7-9-14-10(15)4-3-8-13/h3-9,13H2,1-2H3,(H,14,15)(H,16,17). The average Bonchev–Trinajstić information content (AvgIpc) is 2.23. The van der Waals surface area contributed by atoms with Crippen molar-refractivity contribution in [2.24, 2.45) is 11.1 Å². The maximum atomic E-state index is 11.3. The van der Waals surface area contributed by atoms with Gasteiger partial charge in [0.1, 0.15) is 0 Å². The van der Waals surface area contributed by atoms with E-state index in [-0.39, 0.29) is 17.7 Å². The maximum Gasteiger partial charge on any atom is 0.303 e. The number of rotatable bonds is 9. The van der Waals surface area contributed by atoms with Gasteiger partial charge < -0.3 is 16.2 Å². The molecule has 0 saturated heterocycles. The molecule has 0 aromatic carbocycles. The molecule has 0 aromatic heterocycles. The van der Waals surface area contributed by atoms with Crippen molar-refractivity contribution in [2.45, 2.75) is 46.0 Å². The van der Waals surface area contributed by atoms with Crippen LogP contribution in [0, 0.1) is 5.41 Å². The molecule has 4 N–H and O–H groups in total. The van der Waals surface area contributed by atoms with Gasteiger partial charge in [0, 0.05) is 19.4 Å². The summed E-state index contributed by atoms with van der Waals surface area (Å²) in [5.74, 6) is -0.755. The van der Waals surface area contributed by atoms with Crippen molar-refractivity contribution >= 4 is 11.9 Å². The predicted octanol–water partition coefficient (Wildman–Crippen LogP) is 1.12. The summed E-state index contributed by atoms with van der Waals surface area (Å²) in [6.45, 7) is 5.15. The molecule has 5 heteroatoms. The molecule has 0 fully saturated rings. The van der Waals surface area contributed by atoms with Gasteiger partial charge in [-0.25, -0.2) is 0 Å². The number of nitrogens with one attached hydrogen (secondary N) is 1. The summed E-state index contributed by atoms with van der Waals surface area (Å²) in [5.41, 5.74) is 5.25. The summed E-state index contributed by atoms with van der Waals surface area (Å²) >= 11 is 0. The Bertz CT molecular complexity index is 252. The molecular weight excluding hydrogens is 220 g/mol. The van der Waals surface area contributed by atoms with E-state index in [0.717, 1.165) is 6.42 Å². The third kappa shape index (κ3) is 9.81. The second-order valence-electron chi connectivity index (χ2n) is 5.05. The van der Waals surface area contributed by atoms with E-state index < -0.39 is 5.97 Å². The number of amides is 1. The summed E-state index contributed by atoms with van der Waals surface area (Å²) in [5, 5.41) is 11.4. The Kier molecular flexibility index (Phi) is 7.54. The van der Waals surface area contributed by atoms with Crippen LogP contribution in [0.15, 0.2) is 0 Å². The normalized spacial score (nSPS) is 11.2. The maximum absolute atomic E-state index is 11.3. The van der Waals surface area contributed by atoms with Crippen LogP contribution in [0.1, 0.15) is 46.0 Å². The van der Waals surface area contributed by atoms with Crippen LogP contribution >= 0.6 is 0 Å². The van der Waals surface area contributed by atoms with Crippen molar-refractivity contribution in [3.8, 4) is 0 Å². The third-order valence-corrected chi connectivity index (χ3v) is 2.75. The molecule has 0 aliphatic heterocycles. The van der Waals surface area contributed by atoms with Gasteiger partial charge in [-0.2, -0.15) is 0 Å². The van der Waals surface area contributed by atoms with Crippen LogP contribution in [0.5, 0.6) is 0 Å². The molecule has 0 atom stereocenters. The first-order chi connectivity index (χ1) is 7.87. The highest BCUT2D eigenvalue weighted by molar-refractivity contribution is 5.75. The lowest BCUT2D eigenvalue weighted by molar-refractivity contribution is -0.137. The number of carboxylic acid groups (broad SMARTS) is 1. The highest BCUT2D eigenvalue weighted by Gasteiger charge is 2.18. The van der Waals surface area contributed by atoms with Gasteiger partial charge in [0.05, 0.1) is 0 Å². The lowest BCUT2D eigenvalue weighted by Gasteiger charge is -2.23. The second kappa shape index (κ2) is 8.06. The Morgan fingerprint density at radius 3 is 2.41 bits per heavy atom. The largest absolute Gasteiger partial charge is 0.481 e. The molecule has 0 rings (SSSR count). The molecule has 0 aliphatic carbocycles. The number of nitrogens with two attached hydrogens (primary N) is 1. The van der Waals surface area contributed by atoms with Crippen molar-refractivity contribution in [3.63, 3.8) is 0 Å². The topological polar surface area (TPSA) is 92.4 Å². The summed E-state index contributed by atoms with van der Waals surface area (Å²) in [7, 11) is 0. The van der Waals surface area contributed by atoms with Crippen molar-refractivity contribution in [1.29, 1.82) is 0 Å². The molecule has 0 aliphatic rings. The molecule has 0 radical (unpaired) electrons. The second-order valence-corrected chi connectivity index (χ2v) is 5.05. The van der Waals surface area contributed by atoms with Gasteiger partial charge in [0.15, 0.2) is 0 Å². The Hall–Kier alpha value is -1.10. The molecule has 0 spiro atoms. The quantitative estimate of drug-likeness (QED) is 0.566. The smallest absolute Gasteiger partial charge is 0.303 e. The fourth-order valence-electron chi connectivity index (χ4n) is 1.46. The van der Waals surface area contributed by atoms with E-state index in [1.807, 2.05) is 13.8 Å². The van der Waals surface area contributed by atoms with Gasteiger partial charge in [0.2, 0.25) is 5.91 Å². The predicted molar refractivity (Wildman–Crippen MR) is 66.6 cm³/mol. The molecule has 0 heterocycles. The van der Waals surface area contributed by atoms with Crippen molar-refractivity contribution in [3.05, 3.63) is 0 Å². The minimum atomic E-state index is -0.773. The van der Waals surface area contributed by atoms with E-state index in [1.54, 1.807) is 0 Å². The number of carbonyl (C=O) groups excluding carboxylic acids is 1. The molecular formula is C12H24N2O3. The van der Waals surface area contributed by atoms with Crippen LogP contribution in [0.3, 0.4) is 0 Å². The summed E-state index contributed by atoms with van der Waals surface area (Å²) < 4.78 is 0. The minimum Gasteiger partial charge on any atom is -0.481 e. The van der Waals surface area contributed by atoms with Crippen LogP contribution in [-0.4, -0.2) is 30.1 Å². The van der Waals surface area contributed by atoms with Crippen molar-refractivity contribution in [1.82, 2.24) is 5.32 Å². The number of hydrogen-bond acceptors (Lipinski definition) is 3. The molecule has 17 heavy (non-hydrogen) atoms. The Labute approximate surface area is 103 Å². The number of hydrogen-bond donors (Lipinski definition) is 3. The Balaban J connectivity index is 3.70. The Morgan fingerprint density at radius 1 is 1.24 bits per heavy atom. The molecule has 0 aromatic rings. The lowest BCUT2D eigenvalue weighted by Crippen LogP contribution is -2.28. The van der Waals surface area contributed by atoms with E-state index in [1.165, 1.54) is 0 Å². The highest BCUT2D eigenvalue weighted by Crippen LogP contribution is 2.25. The van der Waals surface area contributed by atoms with E-state index >= 15 is 0 Å². The van der Waals surface area contributed by atoms with Gasteiger partial charge in [-0.15, -0.1) is 0 Å². The van der Waals surface area contributed by atoms with Crippen LogP contribution in [0.2, 0.25) is 0 Å². The molecule has 0 saturated carbocycles. The minimum absolute atomic E-state index is 0.0180. The van der Waals surface area contributed by atoms with E-state index in [0.29, 0.717) is 32.4 Å². The zero-order valence-electron chi connectivity index (χ0n) is 10.8. The van der Waals surface area contributed by atoms with Crippen LogP contribution in [-0.2, 0) is 9.59 Å². The molecule has 0 bridgehead atoms. The van der Waals surface area contributed by atoms with E-state index in [2.05, 4.69) is 5.32 Å². The number of carbonyl (C=O) groups is 2. The molecule has 5 nitrogen and oxygen atoms in total. The zero-order valence-corrected chi connectivity index (χ0v) is 10.8. The summed E-state index contributed by atoms with van der Waals surface area (Å²) in [4.78, 5) is 21.8. The Morgan fingerprint density at radius 2 is 1.88 bits per heavy atom. The van der Waals surface area contributed by atoms with E-state index in [9.17, 15) is 9.59 Å². The van der Waals surface area contributed by atoms with Gasteiger partial charge in [0.25, 0.3) is 0 Å². The molecule has 0 unspecified atom stereocenters. The third-order valence-electron chi connectivity index (χ3n) is 2.75. The van der Waals surface area contributed by atoms with Crippen molar-refractivity contribution in [2.75, 3.05) is 13.1 Å². The van der Waals surface area contributed by atoms with Gasteiger partial charge in [-0.1, -0.05) is 13.8 Å². The van der Waals surface area contributed by atoms with E-state index in [4.69, 9.17) is 10.8 Å². The van der Waals surface area contributed by atoms with Gasteiger partial charge in [-0.3, -0.25) is 9.59 Å². The van der Waals surface area contributed by atoms with Crippen molar-refractivity contribution < 1.29 is 14.7 Å². The average molecular weight is 244 g/mol. The zero-order chi connectivity index (χ0) is 13.3. The lowest BCUT2D eigenvalue weighted by atomic mass is 9.84. The first-order valence-corrected chi connectivity index (χ1v) is 6.06. The summed E-state index contributed by atoms with van der Waals surface area (Å²) in [6, 6.07) is 0. The fourth-order valence-corrected chi connectivity index (χ4v) is 1.46. The summed E-state index contributed by atoms with van der Waals surface area (Å²) in [6.07, 6.45) is 2.75. The van der Waals surface area contributed by atoms with Gasteiger partial charge in [-0.05, 0) is 31.2 Å². The highest BCUT2D eigenvalue weighted by atomic mass is 16.4. The van der Waals surface area contributed by atoms with Crippen LogP contribution in [0.25, 0.3) is 0 Å².